The minimum Gasteiger partial charge on any atom is -0.508 e. The molecule has 0 radical (unpaired) electrons. The number of nitrogens with zero attached hydrogens (tertiary/aromatic N) is 1. The second kappa shape index (κ2) is 19.0. The number of aliphatic hydroxyl groups excluding tert-OH is 4. The molecule has 338 valence electrons. The molecule has 8 unspecified atom stereocenters. The maximum absolute atomic E-state index is 13.6. The Kier molecular flexibility index (Phi) is 13.5. The molecular weight excluding hydrogens is 839 g/mol. The molecule has 1 aliphatic heterocycles. The molecule has 8 atom stereocenters. The zero-order chi connectivity index (χ0) is 45.9. The van der Waals surface area contributed by atoms with Crippen LogP contribution in [0.3, 0.4) is 0 Å². The maximum atomic E-state index is 13.6. The molecule has 1 fully saturated rings. The second-order valence-corrected chi connectivity index (χ2v) is 15.5. The largest absolute Gasteiger partial charge is 0.508 e. The van der Waals surface area contributed by atoms with Crippen molar-refractivity contribution < 1.29 is 73.6 Å². The van der Waals surface area contributed by atoms with E-state index in [4.69, 9.17) is 23.5 Å². The molecule has 1 saturated heterocycles. The normalized spacial score (nSPS) is 21.3. The number of aromatic amines is 1. The molecule has 6 aromatic rings. The molecule has 0 saturated carbocycles. The minimum absolute atomic E-state index is 0.000371. The van der Waals surface area contributed by atoms with Crippen LogP contribution >= 0.6 is 0 Å². The Morgan fingerprint density at radius 1 is 1.03 bits per heavy atom. The van der Waals surface area contributed by atoms with E-state index >= 15 is 0 Å². The van der Waals surface area contributed by atoms with Gasteiger partial charge < -0.3 is 69.0 Å². The fraction of sp³-hybridized carbons (Fsp3) is 0.333. The third-order valence-electron chi connectivity index (χ3n) is 11.0. The number of hydrogen-bond donors (Lipinski definition) is 9. The van der Waals surface area contributed by atoms with E-state index in [1.165, 1.54) is 41.3 Å². The number of ether oxygens (including phenoxy) is 3. The van der Waals surface area contributed by atoms with Gasteiger partial charge in [0.25, 0.3) is 0 Å². The minimum atomic E-state index is -2.91. The molecule has 0 amide bonds. The van der Waals surface area contributed by atoms with Crippen molar-refractivity contribution in [2.24, 2.45) is 0 Å². The summed E-state index contributed by atoms with van der Waals surface area (Å²) in [5.74, 6) is -3.36. The number of nitrogens with one attached hydrogen (secondary N) is 2. The van der Waals surface area contributed by atoms with E-state index in [9.17, 15) is 54.9 Å². The predicted molar refractivity (Wildman–Crippen MR) is 226 cm³/mol. The number of rotatable bonds is 18. The van der Waals surface area contributed by atoms with E-state index < -0.39 is 72.6 Å². The number of aldehydes is 1. The number of aromatic hydroxyl groups is 1. The first-order chi connectivity index (χ1) is 30.6. The summed E-state index contributed by atoms with van der Waals surface area (Å²) in [6.07, 6.45) is -8.63. The molecule has 19 nitrogen and oxygen atoms in total. The van der Waals surface area contributed by atoms with Crippen molar-refractivity contribution in [2.45, 2.75) is 81.7 Å². The number of aliphatic carboxylic acids is 1. The lowest BCUT2D eigenvalue weighted by atomic mass is 9.77. The van der Waals surface area contributed by atoms with Crippen molar-refractivity contribution in [3.8, 4) is 33.9 Å². The summed E-state index contributed by atoms with van der Waals surface area (Å²) in [7, 11) is 0. The Labute approximate surface area is 363 Å². The van der Waals surface area contributed by atoms with E-state index in [1.54, 1.807) is 30.6 Å². The summed E-state index contributed by atoms with van der Waals surface area (Å²) in [5.41, 5.74) is 0.892. The van der Waals surface area contributed by atoms with Gasteiger partial charge in [-0.2, -0.15) is 4.73 Å². The molecule has 19 heteroatoms. The molecule has 3 aromatic carbocycles. The number of benzene rings is 3. The zero-order valence-corrected chi connectivity index (χ0v) is 34.5. The van der Waals surface area contributed by atoms with Crippen LogP contribution in [0.4, 0.5) is 0 Å². The van der Waals surface area contributed by atoms with Gasteiger partial charge >= 0.3 is 11.9 Å². The van der Waals surface area contributed by atoms with E-state index in [1.807, 2.05) is 32.0 Å². The van der Waals surface area contributed by atoms with Gasteiger partial charge in [0.05, 0.1) is 28.8 Å². The number of carbonyl (C=O) groups excluding carboxylic acids is 2. The molecule has 3 aromatic heterocycles. The van der Waals surface area contributed by atoms with E-state index in [2.05, 4.69) is 10.3 Å². The molecule has 0 spiro atoms. The van der Waals surface area contributed by atoms with Gasteiger partial charge in [-0.25, -0.2) is 9.59 Å². The Bertz CT molecular complexity index is 2670. The number of fused-ring (bicyclic) bond motifs is 2. The van der Waals surface area contributed by atoms with Crippen molar-refractivity contribution in [3.05, 3.63) is 107 Å². The summed E-state index contributed by atoms with van der Waals surface area (Å²) in [5, 5.41) is 80.2. The summed E-state index contributed by atoms with van der Waals surface area (Å²) in [6, 6.07) is 15.4. The van der Waals surface area contributed by atoms with Crippen LogP contribution < -0.4 is 20.3 Å². The topological polar surface area (TPSA) is 293 Å². The Balaban J connectivity index is 1.32. The van der Waals surface area contributed by atoms with Crippen molar-refractivity contribution in [1.82, 2.24) is 15.0 Å². The van der Waals surface area contributed by atoms with Crippen molar-refractivity contribution in [1.29, 1.82) is 0 Å². The lowest BCUT2D eigenvalue weighted by Crippen LogP contribution is -2.75. The number of phenols is 1. The average Bonchev–Trinajstić information content (AvgIpc) is 3.85. The number of aliphatic hydroxyl groups is 5. The zero-order valence-electron chi connectivity index (χ0n) is 34.5. The number of esters is 1. The third kappa shape index (κ3) is 9.08. The SMILES string of the molecule is Cc1cc(C)cc(-c2c3[nH]ccc3cn2OC2C(Oc3ccc4c(=O)c(-c5ccc(O)cc5)coc4c3)OC(C(O)OC(=O)C(NCCC=O)C(=O)O)C(O)C2(O)C(O)CCCO)c1. The van der Waals surface area contributed by atoms with Gasteiger partial charge in [-0.15, -0.1) is 0 Å². The number of phenolic OH excluding ortho intramolecular Hbond substituents is 1. The molecule has 4 heterocycles. The van der Waals surface area contributed by atoms with Crippen LogP contribution in [0.2, 0.25) is 0 Å². The number of carboxylic acids is 1. The van der Waals surface area contributed by atoms with E-state index in [0.717, 1.165) is 11.1 Å². The fourth-order valence-electron chi connectivity index (χ4n) is 7.85. The quantitative estimate of drug-likeness (QED) is 0.0196. The summed E-state index contributed by atoms with van der Waals surface area (Å²) in [4.78, 5) is 59.3. The molecule has 7 rings (SSSR count). The van der Waals surface area contributed by atoms with Crippen molar-refractivity contribution in [3.63, 3.8) is 0 Å². The van der Waals surface area contributed by atoms with Crippen LogP contribution in [0.15, 0.2) is 94.6 Å². The number of aryl methyl sites for hydroxylation is 2. The number of carbonyl (C=O) groups is 3. The van der Waals surface area contributed by atoms with Gasteiger partial charge in [0, 0.05) is 42.8 Å². The summed E-state index contributed by atoms with van der Waals surface area (Å²) < 4.78 is 24.6. The smallest absolute Gasteiger partial charge is 0.337 e. The molecule has 0 aliphatic carbocycles. The van der Waals surface area contributed by atoms with E-state index in [0.29, 0.717) is 34.0 Å². The lowest BCUT2D eigenvalue weighted by Gasteiger charge is -2.51. The highest BCUT2D eigenvalue weighted by atomic mass is 16.8. The first kappa shape index (κ1) is 45.4. The number of aromatic nitrogens is 2. The Morgan fingerprint density at radius 2 is 1.77 bits per heavy atom. The molecule has 64 heavy (non-hydrogen) atoms. The standard InChI is InChI=1S/C45H47N3O16/c1-23-17-24(2)19-27(18-23)36-34-26(12-14-47-34)21-48(36)64-40-44(61-29-10-11-30-32(20-29)60-22-31(37(30)53)25-6-8-28(51)9-7-25)62-38(39(54)45(40,59)33(52)5-3-15-49)43(58)63-42(57)35(41(55)56)46-13-4-16-50/h6-12,14,16-22,33,35,38-40,43-44,46-47,49,51-52,54,58-59H,3-5,13,15H2,1-2H3,(H,55,56). The number of hydrogen-bond acceptors (Lipinski definition) is 16. The van der Waals surface area contributed by atoms with Crippen molar-refractivity contribution in [2.75, 3.05) is 13.2 Å². The van der Waals surface area contributed by atoms with Crippen LogP contribution in [0.5, 0.6) is 11.5 Å². The van der Waals surface area contributed by atoms with Gasteiger partial charge in [0.2, 0.25) is 24.7 Å². The summed E-state index contributed by atoms with van der Waals surface area (Å²) in [6.45, 7) is 3.11. The molecule has 0 bridgehead atoms. The highest BCUT2D eigenvalue weighted by Crippen LogP contribution is 2.40. The number of carboxylic acid groups (broad SMARTS) is 1. The van der Waals surface area contributed by atoms with Crippen LogP contribution in [0.1, 0.15) is 30.4 Å². The van der Waals surface area contributed by atoms with Crippen LogP contribution in [0.25, 0.3) is 44.3 Å². The monoisotopic (exact) mass is 885 g/mol. The Morgan fingerprint density at radius 3 is 2.45 bits per heavy atom. The maximum Gasteiger partial charge on any atom is 0.337 e. The fourth-order valence-corrected chi connectivity index (χ4v) is 7.85. The van der Waals surface area contributed by atoms with E-state index in [-0.39, 0.29) is 53.8 Å². The van der Waals surface area contributed by atoms with Gasteiger partial charge in [0.15, 0.2) is 17.1 Å². The van der Waals surface area contributed by atoms with Crippen molar-refractivity contribution >= 4 is 40.1 Å². The highest BCUT2D eigenvalue weighted by molar-refractivity contribution is 5.98. The summed E-state index contributed by atoms with van der Waals surface area (Å²) >= 11 is 0. The molecule has 9 N–H and O–H groups in total. The first-order valence-corrected chi connectivity index (χ1v) is 20.2. The second-order valence-electron chi connectivity index (χ2n) is 15.5. The van der Waals surface area contributed by atoms with Gasteiger partial charge in [0.1, 0.15) is 41.4 Å². The Hall–Kier alpha value is -6.58. The van der Waals surface area contributed by atoms with Gasteiger partial charge in [-0.05, 0) is 74.7 Å². The average molecular weight is 886 g/mol. The van der Waals surface area contributed by atoms with Crippen LogP contribution in [0, 0.1) is 13.8 Å². The molecular formula is C45H47N3O16. The third-order valence-corrected chi connectivity index (χ3v) is 11.0. The first-order valence-electron chi connectivity index (χ1n) is 20.2. The van der Waals surface area contributed by atoms with Gasteiger partial charge in [-0.3, -0.25) is 10.1 Å². The van der Waals surface area contributed by atoms with Crippen LogP contribution in [-0.2, 0) is 23.9 Å². The van der Waals surface area contributed by atoms with Crippen LogP contribution in [-0.4, -0.2) is 125 Å². The number of H-pyrrole nitrogens is 1. The predicted octanol–water partition coefficient (Wildman–Crippen LogP) is 2.05. The highest BCUT2D eigenvalue weighted by Gasteiger charge is 2.64. The van der Waals surface area contributed by atoms with Gasteiger partial charge in [-0.1, -0.05) is 29.3 Å². The molecule has 1 aliphatic rings. The lowest BCUT2D eigenvalue weighted by molar-refractivity contribution is -0.361.